The van der Waals surface area contributed by atoms with Crippen LogP contribution in [0.1, 0.15) is 11.3 Å². The van der Waals surface area contributed by atoms with Gasteiger partial charge in [-0.3, -0.25) is 4.79 Å². The molecule has 130 valence electrons. The molecule has 0 aliphatic rings. The van der Waals surface area contributed by atoms with Gasteiger partial charge in [0, 0.05) is 24.7 Å². The smallest absolute Gasteiger partial charge is 0.247 e. The summed E-state index contributed by atoms with van der Waals surface area (Å²) in [4.78, 5) is 13.9. The molecule has 0 unspecified atom stereocenters. The lowest BCUT2D eigenvalue weighted by Gasteiger charge is -2.16. The Bertz CT molecular complexity index is 799. The third-order valence-electron chi connectivity index (χ3n) is 3.52. The van der Waals surface area contributed by atoms with Crippen molar-refractivity contribution in [2.24, 2.45) is 0 Å². The molecule has 2 aromatic rings. The van der Waals surface area contributed by atoms with Crippen LogP contribution in [0.3, 0.4) is 0 Å². The highest BCUT2D eigenvalue weighted by atomic mass is 35.5. The molecular formula is C19H19ClFN3O. The standard InChI is InChI=1S/C19H19ClFN3O/c1-4-12-23(13-5-2)18(25)11-10-17-14(3)22-24(19(17)20)16-8-6-15(21)7-9-16/h4-11H,1-2,12-13H2,3H3/b11-10+. The molecule has 0 N–H and O–H groups in total. The maximum Gasteiger partial charge on any atom is 0.247 e. The Morgan fingerprint density at radius 3 is 2.44 bits per heavy atom. The van der Waals surface area contributed by atoms with Gasteiger partial charge in [-0.25, -0.2) is 9.07 Å². The van der Waals surface area contributed by atoms with Gasteiger partial charge in [-0.05, 0) is 37.3 Å². The third kappa shape index (κ3) is 4.45. The van der Waals surface area contributed by atoms with Crippen molar-refractivity contribution in [2.75, 3.05) is 13.1 Å². The average Bonchev–Trinajstić information content (AvgIpc) is 2.87. The van der Waals surface area contributed by atoms with E-state index in [4.69, 9.17) is 11.6 Å². The molecule has 0 saturated heterocycles. The van der Waals surface area contributed by atoms with Gasteiger partial charge in [0.1, 0.15) is 11.0 Å². The maximum atomic E-state index is 13.1. The average molecular weight is 360 g/mol. The maximum absolute atomic E-state index is 13.1. The van der Waals surface area contributed by atoms with Crippen LogP contribution in [-0.4, -0.2) is 33.7 Å². The first-order valence-electron chi connectivity index (χ1n) is 7.67. The molecule has 0 fully saturated rings. The summed E-state index contributed by atoms with van der Waals surface area (Å²) in [5.74, 6) is -0.510. The number of aryl methyl sites for hydroxylation is 1. The Morgan fingerprint density at radius 2 is 1.88 bits per heavy atom. The molecule has 0 saturated carbocycles. The highest BCUT2D eigenvalue weighted by Crippen LogP contribution is 2.25. The van der Waals surface area contributed by atoms with Crippen LogP contribution in [0, 0.1) is 12.7 Å². The van der Waals surface area contributed by atoms with Crippen molar-refractivity contribution in [3.05, 3.63) is 77.9 Å². The quantitative estimate of drug-likeness (QED) is 0.549. The summed E-state index contributed by atoms with van der Waals surface area (Å²) in [6, 6.07) is 5.85. The lowest BCUT2D eigenvalue weighted by Crippen LogP contribution is -2.29. The molecule has 0 bridgehead atoms. The summed E-state index contributed by atoms with van der Waals surface area (Å²) in [7, 11) is 0. The second-order valence-electron chi connectivity index (χ2n) is 5.33. The molecule has 0 aliphatic carbocycles. The molecule has 1 heterocycles. The molecule has 0 spiro atoms. The van der Waals surface area contributed by atoms with E-state index >= 15 is 0 Å². The van der Waals surface area contributed by atoms with Gasteiger partial charge in [-0.15, -0.1) is 13.2 Å². The number of carbonyl (C=O) groups is 1. The van der Waals surface area contributed by atoms with E-state index in [0.717, 1.165) is 0 Å². The van der Waals surface area contributed by atoms with Crippen molar-refractivity contribution < 1.29 is 9.18 Å². The zero-order valence-corrected chi connectivity index (χ0v) is 14.7. The van der Waals surface area contributed by atoms with E-state index in [1.54, 1.807) is 42.2 Å². The van der Waals surface area contributed by atoms with Gasteiger partial charge < -0.3 is 4.90 Å². The number of rotatable bonds is 7. The predicted octanol–water partition coefficient (Wildman–Crippen LogP) is 4.19. The van der Waals surface area contributed by atoms with Gasteiger partial charge >= 0.3 is 0 Å². The first-order valence-corrected chi connectivity index (χ1v) is 8.05. The van der Waals surface area contributed by atoms with E-state index in [9.17, 15) is 9.18 Å². The van der Waals surface area contributed by atoms with Crippen molar-refractivity contribution >= 4 is 23.6 Å². The largest absolute Gasteiger partial charge is 0.332 e. The summed E-state index contributed by atoms with van der Waals surface area (Å²) in [6.45, 7) is 9.93. The molecule has 1 aromatic heterocycles. The van der Waals surface area contributed by atoms with E-state index < -0.39 is 0 Å². The van der Waals surface area contributed by atoms with Crippen molar-refractivity contribution in [3.63, 3.8) is 0 Å². The number of carbonyl (C=O) groups excluding carboxylic acids is 1. The fraction of sp³-hybridized carbons (Fsp3) is 0.158. The summed E-state index contributed by atoms with van der Waals surface area (Å²) >= 11 is 6.39. The minimum absolute atomic E-state index is 0.176. The van der Waals surface area contributed by atoms with E-state index in [0.29, 0.717) is 35.2 Å². The number of hydrogen-bond donors (Lipinski definition) is 0. The third-order valence-corrected chi connectivity index (χ3v) is 3.89. The normalized spacial score (nSPS) is 10.8. The lowest BCUT2D eigenvalue weighted by atomic mass is 10.2. The van der Waals surface area contributed by atoms with E-state index in [1.165, 1.54) is 22.9 Å². The molecular weight excluding hydrogens is 341 g/mol. The Morgan fingerprint density at radius 1 is 1.28 bits per heavy atom. The summed E-state index contributed by atoms with van der Waals surface area (Å²) in [5, 5.41) is 4.71. The Balaban J connectivity index is 2.28. The Hall–Kier alpha value is -2.66. The van der Waals surface area contributed by atoms with Crippen molar-refractivity contribution in [3.8, 4) is 5.69 Å². The van der Waals surface area contributed by atoms with Crippen LogP contribution in [-0.2, 0) is 4.79 Å². The minimum Gasteiger partial charge on any atom is -0.332 e. The second-order valence-corrected chi connectivity index (χ2v) is 5.69. The number of amides is 1. The van der Waals surface area contributed by atoms with Crippen LogP contribution in [0.2, 0.25) is 5.15 Å². The van der Waals surface area contributed by atoms with E-state index in [-0.39, 0.29) is 11.7 Å². The van der Waals surface area contributed by atoms with Crippen LogP contribution in [0.4, 0.5) is 4.39 Å². The number of hydrogen-bond acceptors (Lipinski definition) is 2. The molecule has 25 heavy (non-hydrogen) atoms. The first kappa shape index (κ1) is 18.7. The minimum atomic E-state index is -0.334. The molecule has 1 amide bonds. The van der Waals surface area contributed by atoms with E-state index in [2.05, 4.69) is 18.3 Å². The van der Waals surface area contributed by atoms with Crippen LogP contribution in [0.25, 0.3) is 11.8 Å². The van der Waals surface area contributed by atoms with Gasteiger partial charge in [0.15, 0.2) is 0 Å². The zero-order chi connectivity index (χ0) is 18.4. The van der Waals surface area contributed by atoms with Crippen LogP contribution in [0.5, 0.6) is 0 Å². The molecule has 6 heteroatoms. The van der Waals surface area contributed by atoms with Crippen LogP contribution in [0.15, 0.2) is 55.7 Å². The molecule has 4 nitrogen and oxygen atoms in total. The Kier molecular flexibility index (Phi) is 6.31. The molecule has 0 aliphatic heterocycles. The van der Waals surface area contributed by atoms with Gasteiger partial charge in [0.25, 0.3) is 0 Å². The molecule has 0 atom stereocenters. The Labute approximate surface area is 151 Å². The summed E-state index contributed by atoms with van der Waals surface area (Å²) < 4.78 is 14.6. The number of nitrogens with zero attached hydrogens (tertiary/aromatic N) is 3. The zero-order valence-electron chi connectivity index (χ0n) is 14.0. The topological polar surface area (TPSA) is 38.1 Å². The fourth-order valence-electron chi connectivity index (χ4n) is 2.28. The summed E-state index contributed by atoms with van der Waals surface area (Å²) in [6.07, 6.45) is 6.38. The number of benzene rings is 1. The molecule has 0 radical (unpaired) electrons. The number of aromatic nitrogens is 2. The van der Waals surface area contributed by atoms with Crippen molar-refractivity contribution in [1.82, 2.24) is 14.7 Å². The van der Waals surface area contributed by atoms with Gasteiger partial charge in [0.05, 0.1) is 11.4 Å². The predicted molar refractivity (Wildman–Crippen MR) is 99.3 cm³/mol. The van der Waals surface area contributed by atoms with Gasteiger partial charge in [-0.1, -0.05) is 23.8 Å². The molecule has 2 rings (SSSR count). The van der Waals surface area contributed by atoms with Gasteiger partial charge in [0.2, 0.25) is 5.91 Å². The second kappa shape index (κ2) is 8.44. The lowest BCUT2D eigenvalue weighted by molar-refractivity contribution is -0.124. The highest BCUT2D eigenvalue weighted by molar-refractivity contribution is 6.31. The van der Waals surface area contributed by atoms with Crippen LogP contribution < -0.4 is 0 Å². The van der Waals surface area contributed by atoms with Crippen molar-refractivity contribution in [2.45, 2.75) is 6.92 Å². The SMILES string of the molecule is C=CCN(CC=C)C(=O)/C=C/c1c(C)nn(-c2ccc(F)cc2)c1Cl. The monoisotopic (exact) mass is 359 g/mol. The first-order chi connectivity index (χ1) is 12.0. The number of halogens is 2. The van der Waals surface area contributed by atoms with Gasteiger partial charge in [-0.2, -0.15) is 5.10 Å². The highest BCUT2D eigenvalue weighted by Gasteiger charge is 2.14. The summed E-state index contributed by atoms with van der Waals surface area (Å²) in [5.41, 5.74) is 1.94. The fourth-order valence-corrected chi connectivity index (χ4v) is 2.62. The van der Waals surface area contributed by atoms with E-state index in [1.807, 2.05) is 0 Å². The molecule has 1 aromatic carbocycles. The van der Waals surface area contributed by atoms with Crippen molar-refractivity contribution in [1.29, 1.82) is 0 Å². The van der Waals surface area contributed by atoms with Crippen LogP contribution >= 0.6 is 11.6 Å².